The van der Waals surface area contributed by atoms with E-state index >= 15 is 0 Å². The minimum absolute atomic E-state index is 0.0942. The summed E-state index contributed by atoms with van der Waals surface area (Å²) < 4.78 is 10.8. The van der Waals surface area contributed by atoms with E-state index in [0.29, 0.717) is 23.0 Å². The molecule has 2 amide bonds. The lowest BCUT2D eigenvalue weighted by Crippen LogP contribution is -2.36. The second-order valence-corrected chi connectivity index (χ2v) is 6.15. The van der Waals surface area contributed by atoms with Crippen molar-refractivity contribution in [3.63, 3.8) is 0 Å². The molecule has 0 unspecified atom stereocenters. The summed E-state index contributed by atoms with van der Waals surface area (Å²) in [6.07, 6.45) is 2.45. The highest BCUT2D eigenvalue weighted by Crippen LogP contribution is 2.35. The van der Waals surface area contributed by atoms with Gasteiger partial charge in [0.1, 0.15) is 0 Å². The van der Waals surface area contributed by atoms with E-state index in [4.69, 9.17) is 9.47 Å². The van der Waals surface area contributed by atoms with Crippen molar-refractivity contribution in [1.29, 1.82) is 0 Å². The monoisotopic (exact) mass is 335 g/mol. The number of carbonyl (C=O) groups excluding carboxylic acids is 2. The predicted octanol–water partition coefficient (Wildman–Crippen LogP) is 3.93. The van der Waals surface area contributed by atoms with Gasteiger partial charge in [-0.25, -0.2) is 0 Å². The third kappa shape index (κ3) is 3.69. The summed E-state index contributed by atoms with van der Waals surface area (Å²) in [5.74, 6) is 1.02. The standard InChI is InChI=1S/C17H21NO4S/c1-5-11(3)18-16(19)15(23-17(18)20)10-12-7-8-13(22-6-2)14(9-12)21-4/h7-11H,5-6H2,1-4H3/t11-/m0/s1. The quantitative estimate of drug-likeness (QED) is 0.737. The predicted molar refractivity (Wildman–Crippen MR) is 91.7 cm³/mol. The highest BCUT2D eigenvalue weighted by molar-refractivity contribution is 8.18. The second-order valence-electron chi connectivity index (χ2n) is 5.15. The van der Waals surface area contributed by atoms with Crippen LogP contribution in [0.5, 0.6) is 11.5 Å². The Morgan fingerprint density at radius 3 is 2.61 bits per heavy atom. The Morgan fingerprint density at radius 1 is 1.26 bits per heavy atom. The zero-order valence-electron chi connectivity index (χ0n) is 13.8. The van der Waals surface area contributed by atoms with Crippen LogP contribution in [0.1, 0.15) is 32.8 Å². The van der Waals surface area contributed by atoms with Crippen LogP contribution in [0.25, 0.3) is 6.08 Å². The number of benzene rings is 1. The van der Waals surface area contributed by atoms with Crippen molar-refractivity contribution in [2.45, 2.75) is 33.2 Å². The molecule has 0 spiro atoms. The number of nitrogens with zero attached hydrogens (tertiary/aromatic N) is 1. The van der Waals surface area contributed by atoms with Crippen LogP contribution >= 0.6 is 11.8 Å². The first-order chi connectivity index (χ1) is 11.0. The van der Waals surface area contributed by atoms with E-state index in [2.05, 4.69) is 0 Å². The normalized spacial score (nSPS) is 17.7. The molecule has 1 atom stereocenters. The topological polar surface area (TPSA) is 55.8 Å². The number of carbonyl (C=O) groups is 2. The molecule has 0 radical (unpaired) electrons. The van der Waals surface area contributed by atoms with Gasteiger partial charge in [0.15, 0.2) is 11.5 Å². The van der Waals surface area contributed by atoms with Crippen molar-refractivity contribution >= 4 is 29.0 Å². The van der Waals surface area contributed by atoms with Crippen molar-refractivity contribution < 1.29 is 19.1 Å². The lowest BCUT2D eigenvalue weighted by molar-refractivity contribution is -0.124. The number of imide groups is 1. The van der Waals surface area contributed by atoms with Crippen molar-refractivity contribution in [2.75, 3.05) is 13.7 Å². The first-order valence-corrected chi connectivity index (χ1v) is 8.41. The van der Waals surface area contributed by atoms with Crippen LogP contribution in [-0.2, 0) is 4.79 Å². The zero-order chi connectivity index (χ0) is 17.0. The molecule has 1 aliphatic rings. The maximum Gasteiger partial charge on any atom is 0.293 e. The fourth-order valence-corrected chi connectivity index (χ4v) is 3.17. The smallest absolute Gasteiger partial charge is 0.293 e. The highest BCUT2D eigenvalue weighted by atomic mass is 32.2. The van der Waals surface area contributed by atoms with E-state index in [-0.39, 0.29) is 17.2 Å². The van der Waals surface area contributed by atoms with Crippen LogP contribution in [0.4, 0.5) is 4.79 Å². The Kier molecular flexibility index (Phi) is 5.71. The van der Waals surface area contributed by atoms with Crippen LogP contribution in [0.15, 0.2) is 23.1 Å². The van der Waals surface area contributed by atoms with E-state index in [1.54, 1.807) is 25.3 Å². The van der Waals surface area contributed by atoms with Gasteiger partial charge in [-0.1, -0.05) is 13.0 Å². The second kappa shape index (κ2) is 7.55. The fraction of sp³-hybridized carbons (Fsp3) is 0.412. The number of ether oxygens (including phenoxy) is 2. The molecule has 0 bridgehead atoms. The number of thioether (sulfide) groups is 1. The Labute approximate surface area is 140 Å². The van der Waals surface area contributed by atoms with Crippen LogP contribution in [-0.4, -0.2) is 35.8 Å². The number of hydrogen-bond acceptors (Lipinski definition) is 5. The molecule has 1 aromatic carbocycles. The molecule has 2 rings (SSSR count). The van der Waals surface area contributed by atoms with Crippen LogP contribution in [0, 0.1) is 0 Å². The summed E-state index contributed by atoms with van der Waals surface area (Å²) in [4.78, 5) is 26.2. The fourth-order valence-electron chi connectivity index (χ4n) is 2.24. The third-order valence-corrected chi connectivity index (χ3v) is 4.52. The molecule has 1 heterocycles. The molecular formula is C17H21NO4S. The lowest BCUT2D eigenvalue weighted by Gasteiger charge is -2.19. The summed E-state index contributed by atoms with van der Waals surface area (Å²) in [5.41, 5.74) is 0.792. The Bertz CT molecular complexity index is 641. The molecule has 0 aromatic heterocycles. The van der Waals surface area contributed by atoms with Gasteiger partial charge >= 0.3 is 0 Å². The van der Waals surface area contributed by atoms with Crippen LogP contribution < -0.4 is 9.47 Å². The van der Waals surface area contributed by atoms with Crippen LogP contribution in [0.3, 0.4) is 0 Å². The molecule has 1 fully saturated rings. The van der Waals surface area contributed by atoms with Gasteiger partial charge in [-0.15, -0.1) is 0 Å². The third-order valence-electron chi connectivity index (χ3n) is 3.64. The first-order valence-electron chi connectivity index (χ1n) is 7.59. The lowest BCUT2D eigenvalue weighted by atomic mass is 10.1. The summed E-state index contributed by atoms with van der Waals surface area (Å²) in [5, 5.41) is -0.214. The molecule has 0 saturated carbocycles. The number of rotatable bonds is 6. The largest absolute Gasteiger partial charge is 0.493 e. The molecule has 1 aliphatic heterocycles. The van der Waals surface area contributed by atoms with E-state index in [1.807, 2.05) is 26.8 Å². The van der Waals surface area contributed by atoms with Gasteiger partial charge < -0.3 is 9.47 Å². The average Bonchev–Trinajstić information content (AvgIpc) is 2.82. The average molecular weight is 335 g/mol. The molecule has 1 saturated heterocycles. The summed E-state index contributed by atoms with van der Waals surface area (Å²) in [7, 11) is 1.57. The molecule has 1 aromatic rings. The van der Waals surface area contributed by atoms with Gasteiger partial charge in [0.2, 0.25) is 0 Å². The highest BCUT2D eigenvalue weighted by Gasteiger charge is 2.37. The van der Waals surface area contributed by atoms with Crippen molar-refractivity contribution in [1.82, 2.24) is 4.90 Å². The van der Waals surface area contributed by atoms with Gasteiger partial charge in [-0.3, -0.25) is 14.5 Å². The van der Waals surface area contributed by atoms with Crippen molar-refractivity contribution in [3.8, 4) is 11.5 Å². The minimum atomic E-state index is -0.234. The van der Waals surface area contributed by atoms with Gasteiger partial charge in [0.05, 0.1) is 18.6 Å². The number of amides is 2. The Hall–Kier alpha value is -1.95. The summed E-state index contributed by atoms with van der Waals surface area (Å²) in [6.45, 7) is 6.27. The molecule has 23 heavy (non-hydrogen) atoms. The molecule has 0 aliphatic carbocycles. The van der Waals surface area contributed by atoms with E-state index in [1.165, 1.54) is 4.90 Å². The first kappa shape index (κ1) is 17.4. The van der Waals surface area contributed by atoms with Gasteiger partial charge in [0, 0.05) is 6.04 Å². The maximum atomic E-state index is 12.4. The molecule has 5 nitrogen and oxygen atoms in total. The maximum absolute atomic E-state index is 12.4. The SMILES string of the molecule is CCOc1ccc(C=C2SC(=O)N([C@@H](C)CC)C2=O)cc1OC. The summed E-state index contributed by atoms with van der Waals surface area (Å²) in [6, 6.07) is 5.34. The molecular weight excluding hydrogens is 314 g/mol. The molecule has 0 N–H and O–H groups in total. The summed E-state index contributed by atoms with van der Waals surface area (Å²) >= 11 is 0.975. The van der Waals surface area contributed by atoms with Gasteiger partial charge in [0.25, 0.3) is 11.1 Å². The number of hydrogen-bond donors (Lipinski definition) is 0. The van der Waals surface area contributed by atoms with E-state index < -0.39 is 0 Å². The van der Waals surface area contributed by atoms with Gasteiger partial charge in [-0.2, -0.15) is 0 Å². The van der Waals surface area contributed by atoms with Gasteiger partial charge in [-0.05, 0) is 55.8 Å². The number of methoxy groups -OCH3 is 1. The molecule has 6 heteroatoms. The van der Waals surface area contributed by atoms with E-state index in [0.717, 1.165) is 23.7 Å². The van der Waals surface area contributed by atoms with Crippen LogP contribution in [0.2, 0.25) is 0 Å². The van der Waals surface area contributed by atoms with Crippen molar-refractivity contribution in [2.24, 2.45) is 0 Å². The Balaban J connectivity index is 2.28. The van der Waals surface area contributed by atoms with E-state index in [9.17, 15) is 9.59 Å². The molecule has 124 valence electrons. The Morgan fingerprint density at radius 2 is 2.00 bits per heavy atom. The van der Waals surface area contributed by atoms with Crippen molar-refractivity contribution in [3.05, 3.63) is 28.7 Å². The minimum Gasteiger partial charge on any atom is -0.493 e. The zero-order valence-corrected chi connectivity index (χ0v) is 14.6.